The van der Waals surface area contributed by atoms with E-state index in [9.17, 15) is 14.0 Å². The van der Waals surface area contributed by atoms with Crippen LogP contribution in [0, 0.1) is 0 Å². The van der Waals surface area contributed by atoms with E-state index < -0.39 is 12.1 Å². The topological polar surface area (TPSA) is 119 Å². The zero-order chi connectivity index (χ0) is 21.8. The van der Waals surface area contributed by atoms with Gasteiger partial charge in [-0.3, -0.25) is 9.59 Å². The number of hydrogen-bond acceptors (Lipinski definition) is 6. The molecular formula is C20H26FN7O2. The highest BCUT2D eigenvalue weighted by atomic mass is 19.1. The number of aromatic nitrogens is 4. The molecule has 0 unspecified atom stereocenters. The predicted molar refractivity (Wildman–Crippen MR) is 114 cm³/mol. The molecule has 10 heteroatoms. The number of nitrogens with zero attached hydrogens (tertiary/aromatic N) is 4. The molecule has 3 heterocycles. The summed E-state index contributed by atoms with van der Waals surface area (Å²) in [7, 11) is 1.72. The molecule has 3 aromatic rings. The van der Waals surface area contributed by atoms with Crippen molar-refractivity contribution in [1.29, 1.82) is 0 Å². The second-order valence-electron chi connectivity index (χ2n) is 7.32. The number of primary amides is 1. The van der Waals surface area contributed by atoms with Crippen LogP contribution in [-0.2, 0) is 0 Å². The smallest absolute Gasteiger partial charge is 0.274 e. The molecule has 30 heavy (non-hydrogen) atoms. The summed E-state index contributed by atoms with van der Waals surface area (Å²) >= 11 is 0. The first kappa shape index (κ1) is 21.3. The standard InChI is InChI=1S/C16H19N7O2.C4H7F/c1-9(2)22-6-4-5-11(16(22)25)20-12-7-13(18-3)23-15(21-12)10(8-19-23)14(17)24;5-4-2-1-3-4/h4-9,18H,1-3H3,(H2,17,24)(H,20,21);4H,1-3H2. The molecule has 9 nitrogen and oxygen atoms in total. The van der Waals surface area contributed by atoms with Crippen molar-refractivity contribution in [2.24, 2.45) is 5.73 Å². The molecular weight excluding hydrogens is 389 g/mol. The van der Waals surface area contributed by atoms with Gasteiger partial charge in [-0.25, -0.2) is 9.37 Å². The van der Waals surface area contributed by atoms with Crippen molar-refractivity contribution >= 4 is 28.9 Å². The van der Waals surface area contributed by atoms with Crippen molar-refractivity contribution in [2.75, 3.05) is 17.7 Å². The molecule has 0 radical (unpaired) electrons. The number of halogens is 1. The van der Waals surface area contributed by atoms with E-state index in [1.807, 2.05) is 13.8 Å². The minimum atomic E-state index is -0.622. The van der Waals surface area contributed by atoms with E-state index in [0.29, 0.717) is 23.0 Å². The molecule has 1 aliphatic rings. The van der Waals surface area contributed by atoms with Gasteiger partial charge < -0.3 is 20.9 Å². The van der Waals surface area contributed by atoms with Crippen molar-refractivity contribution < 1.29 is 9.18 Å². The summed E-state index contributed by atoms with van der Waals surface area (Å²) in [5, 5.41) is 10.1. The normalized spacial score (nSPS) is 13.5. The molecule has 1 aliphatic carbocycles. The molecule has 0 bridgehead atoms. The Labute approximate surface area is 173 Å². The number of amides is 1. The highest BCUT2D eigenvalue weighted by molar-refractivity contribution is 5.98. The van der Waals surface area contributed by atoms with Crippen LogP contribution in [0.3, 0.4) is 0 Å². The summed E-state index contributed by atoms with van der Waals surface area (Å²) in [5.41, 5.74) is 6.10. The minimum absolute atomic E-state index is 0.0360. The molecule has 1 amide bonds. The lowest BCUT2D eigenvalue weighted by Crippen LogP contribution is -2.23. The van der Waals surface area contributed by atoms with Crippen LogP contribution in [0.2, 0.25) is 0 Å². The summed E-state index contributed by atoms with van der Waals surface area (Å²) in [6.45, 7) is 3.86. The van der Waals surface area contributed by atoms with E-state index in [-0.39, 0.29) is 17.2 Å². The van der Waals surface area contributed by atoms with Gasteiger partial charge in [-0.1, -0.05) is 0 Å². The van der Waals surface area contributed by atoms with Gasteiger partial charge in [-0.15, -0.1) is 0 Å². The lowest BCUT2D eigenvalue weighted by atomic mass is 9.98. The van der Waals surface area contributed by atoms with Crippen LogP contribution in [0.25, 0.3) is 5.65 Å². The molecule has 0 spiro atoms. The third-order valence-electron chi connectivity index (χ3n) is 4.82. The van der Waals surface area contributed by atoms with E-state index >= 15 is 0 Å². The number of alkyl halides is 1. The maximum absolute atomic E-state index is 12.5. The van der Waals surface area contributed by atoms with E-state index in [0.717, 1.165) is 19.3 Å². The van der Waals surface area contributed by atoms with Crippen LogP contribution in [0.5, 0.6) is 0 Å². The van der Waals surface area contributed by atoms with Gasteiger partial charge in [0, 0.05) is 25.4 Å². The highest BCUT2D eigenvalue weighted by Gasteiger charge is 2.16. The number of nitrogens with two attached hydrogens (primary N) is 1. The monoisotopic (exact) mass is 415 g/mol. The van der Waals surface area contributed by atoms with E-state index in [1.165, 1.54) is 10.7 Å². The fourth-order valence-electron chi connectivity index (χ4n) is 2.89. The largest absolute Gasteiger partial charge is 0.373 e. The number of fused-ring (bicyclic) bond motifs is 1. The number of carbonyl (C=O) groups is 1. The Morgan fingerprint density at radius 3 is 2.60 bits per heavy atom. The second kappa shape index (κ2) is 8.93. The average molecular weight is 415 g/mol. The maximum Gasteiger partial charge on any atom is 0.274 e. The van der Waals surface area contributed by atoms with Crippen molar-refractivity contribution in [3.63, 3.8) is 0 Å². The molecule has 1 saturated carbocycles. The Bertz CT molecular complexity index is 1100. The van der Waals surface area contributed by atoms with Crippen LogP contribution in [-0.4, -0.2) is 38.3 Å². The van der Waals surface area contributed by atoms with Crippen molar-refractivity contribution in [3.8, 4) is 0 Å². The van der Waals surface area contributed by atoms with Gasteiger partial charge in [0.15, 0.2) is 5.65 Å². The number of carbonyl (C=O) groups excluding carboxylic acids is 1. The first-order chi connectivity index (χ1) is 14.3. The molecule has 0 saturated heterocycles. The summed E-state index contributed by atoms with van der Waals surface area (Å²) in [6.07, 6.45) is 5.41. The Kier molecular flexibility index (Phi) is 6.34. The van der Waals surface area contributed by atoms with Crippen LogP contribution >= 0.6 is 0 Å². The fraction of sp³-hybridized carbons (Fsp3) is 0.400. The number of anilines is 3. The van der Waals surface area contributed by atoms with Gasteiger partial charge in [0.05, 0.1) is 6.20 Å². The molecule has 0 aliphatic heterocycles. The molecule has 160 valence electrons. The minimum Gasteiger partial charge on any atom is -0.373 e. The third kappa shape index (κ3) is 4.42. The summed E-state index contributed by atoms with van der Waals surface area (Å²) in [6, 6.07) is 5.19. The lowest BCUT2D eigenvalue weighted by molar-refractivity contribution is 0.100. The Hall–Kier alpha value is -3.43. The van der Waals surface area contributed by atoms with Gasteiger partial charge in [0.25, 0.3) is 11.5 Å². The van der Waals surface area contributed by atoms with Crippen molar-refractivity contribution in [1.82, 2.24) is 19.2 Å². The highest BCUT2D eigenvalue weighted by Crippen LogP contribution is 2.21. The van der Waals surface area contributed by atoms with Gasteiger partial charge in [0.2, 0.25) is 0 Å². The molecule has 0 aromatic carbocycles. The average Bonchev–Trinajstić information content (AvgIpc) is 3.12. The fourth-order valence-corrected chi connectivity index (χ4v) is 2.89. The quantitative estimate of drug-likeness (QED) is 0.589. The first-order valence-corrected chi connectivity index (χ1v) is 9.80. The van der Waals surface area contributed by atoms with Crippen LogP contribution < -0.4 is 21.9 Å². The Morgan fingerprint density at radius 2 is 2.07 bits per heavy atom. The summed E-state index contributed by atoms with van der Waals surface area (Å²) in [5.74, 6) is 0.377. The van der Waals surface area contributed by atoms with Gasteiger partial charge in [-0.2, -0.15) is 9.61 Å². The SMILES string of the molecule is CNc1cc(Nc2cccn(C(C)C)c2=O)nc2c(C(N)=O)cnn12.FC1CCC1. The summed E-state index contributed by atoms with van der Waals surface area (Å²) < 4.78 is 14.6. The predicted octanol–water partition coefficient (Wildman–Crippen LogP) is 2.86. The number of rotatable bonds is 5. The second-order valence-corrected chi connectivity index (χ2v) is 7.32. The third-order valence-corrected chi connectivity index (χ3v) is 4.82. The van der Waals surface area contributed by atoms with Crippen molar-refractivity contribution in [2.45, 2.75) is 45.3 Å². The first-order valence-electron chi connectivity index (χ1n) is 9.80. The number of hydrogen-bond donors (Lipinski definition) is 3. The number of pyridine rings is 1. The van der Waals surface area contributed by atoms with Gasteiger partial charge in [0.1, 0.15) is 29.1 Å². The zero-order valence-electron chi connectivity index (χ0n) is 17.2. The van der Waals surface area contributed by atoms with E-state index in [4.69, 9.17) is 5.73 Å². The lowest BCUT2D eigenvalue weighted by Gasteiger charge is -2.14. The molecule has 0 atom stereocenters. The van der Waals surface area contributed by atoms with Crippen LogP contribution in [0.15, 0.2) is 35.4 Å². The molecule has 4 rings (SSSR count). The number of nitrogens with one attached hydrogen (secondary N) is 2. The van der Waals surface area contributed by atoms with Crippen molar-refractivity contribution in [3.05, 3.63) is 46.5 Å². The maximum atomic E-state index is 12.5. The van der Waals surface area contributed by atoms with E-state index in [1.54, 1.807) is 36.0 Å². The Balaban J connectivity index is 0.000000448. The zero-order valence-corrected chi connectivity index (χ0v) is 17.2. The van der Waals surface area contributed by atoms with Crippen LogP contribution in [0.4, 0.5) is 21.7 Å². The van der Waals surface area contributed by atoms with Gasteiger partial charge in [-0.05, 0) is 45.2 Å². The Morgan fingerprint density at radius 1 is 1.37 bits per heavy atom. The molecule has 4 N–H and O–H groups in total. The molecule has 1 fully saturated rings. The van der Waals surface area contributed by atoms with Crippen LogP contribution in [0.1, 0.15) is 49.5 Å². The van der Waals surface area contributed by atoms with Gasteiger partial charge >= 0.3 is 0 Å². The molecule has 3 aromatic heterocycles. The van der Waals surface area contributed by atoms with E-state index in [2.05, 4.69) is 20.7 Å². The summed E-state index contributed by atoms with van der Waals surface area (Å²) in [4.78, 5) is 28.5.